The zero-order valence-electron chi connectivity index (χ0n) is 18.1. The average Bonchev–Trinajstić information content (AvgIpc) is 3.39. The first-order chi connectivity index (χ1) is 15.6. The summed E-state index contributed by atoms with van der Waals surface area (Å²) in [5.41, 5.74) is 3.55. The zero-order chi connectivity index (χ0) is 23.8. The molecular formula is C22H20F3N7O. The molecule has 4 aromatic rings. The molecule has 0 bridgehead atoms. The smallest absolute Gasteiger partial charge is 0.326 e. The maximum absolute atomic E-state index is 13.1. The minimum absolute atomic E-state index is 0.0186. The van der Waals surface area contributed by atoms with Crippen LogP contribution >= 0.6 is 0 Å². The molecule has 0 saturated carbocycles. The molecule has 2 aromatic heterocycles. The normalized spacial score (nSPS) is 11.6. The van der Waals surface area contributed by atoms with Gasteiger partial charge in [0.1, 0.15) is 6.33 Å². The molecule has 33 heavy (non-hydrogen) atoms. The van der Waals surface area contributed by atoms with Crippen LogP contribution in [0, 0.1) is 20.8 Å². The topological polar surface area (TPSA) is 90.5 Å². The van der Waals surface area contributed by atoms with Gasteiger partial charge in [-0.3, -0.25) is 4.79 Å². The molecule has 0 aliphatic heterocycles. The second kappa shape index (κ2) is 8.49. The highest BCUT2D eigenvalue weighted by molar-refractivity contribution is 5.92. The highest BCUT2D eigenvalue weighted by Crippen LogP contribution is 2.31. The Morgan fingerprint density at radius 1 is 1.09 bits per heavy atom. The van der Waals surface area contributed by atoms with Gasteiger partial charge >= 0.3 is 6.18 Å². The van der Waals surface area contributed by atoms with Crippen molar-refractivity contribution in [2.75, 3.05) is 5.32 Å². The summed E-state index contributed by atoms with van der Waals surface area (Å²) >= 11 is 0. The summed E-state index contributed by atoms with van der Waals surface area (Å²) in [5.74, 6) is -0.281. The van der Waals surface area contributed by atoms with Crippen LogP contribution in [0.2, 0.25) is 0 Å². The first-order valence-corrected chi connectivity index (χ1v) is 10.00. The van der Waals surface area contributed by atoms with Gasteiger partial charge in [-0.15, -0.1) is 5.10 Å². The molecular weight excluding hydrogens is 435 g/mol. The Morgan fingerprint density at radius 3 is 2.58 bits per heavy atom. The number of carbonyl (C=O) groups is 1. The van der Waals surface area contributed by atoms with Crippen LogP contribution in [-0.2, 0) is 17.4 Å². The van der Waals surface area contributed by atoms with Crippen molar-refractivity contribution >= 4 is 11.6 Å². The van der Waals surface area contributed by atoms with E-state index in [9.17, 15) is 18.0 Å². The second-order valence-corrected chi connectivity index (χ2v) is 7.59. The van der Waals surface area contributed by atoms with Gasteiger partial charge in [-0.2, -0.15) is 18.3 Å². The van der Waals surface area contributed by atoms with Gasteiger partial charge in [0.05, 0.1) is 29.1 Å². The van der Waals surface area contributed by atoms with Crippen molar-refractivity contribution < 1.29 is 18.0 Å². The van der Waals surface area contributed by atoms with Gasteiger partial charge in [-0.1, -0.05) is 12.1 Å². The van der Waals surface area contributed by atoms with Crippen molar-refractivity contribution in [1.82, 2.24) is 30.0 Å². The van der Waals surface area contributed by atoms with Gasteiger partial charge in [-0.05, 0) is 67.1 Å². The second-order valence-electron chi connectivity index (χ2n) is 7.59. The lowest BCUT2D eigenvalue weighted by Crippen LogP contribution is -2.16. The standard InChI is InChI=1S/C22H20F3N7O/c1-13-7-8-17(10-20(13)31-12-26-29-30-31)27-21(33)11-19-14(2)28-32(15(19)3)18-6-4-5-16(9-18)22(23,24)25/h4-10,12H,11H2,1-3H3,(H,27,33). The fraction of sp³-hybridized carbons (Fsp3) is 0.227. The number of hydrogen-bond acceptors (Lipinski definition) is 5. The fourth-order valence-corrected chi connectivity index (χ4v) is 3.57. The Morgan fingerprint density at radius 2 is 1.88 bits per heavy atom. The monoisotopic (exact) mass is 455 g/mol. The van der Waals surface area contributed by atoms with Crippen molar-refractivity contribution in [3.8, 4) is 11.4 Å². The zero-order valence-corrected chi connectivity index (χ0v) is 18.1. The number of benzene rings is 2. The van der Waals surface area contributed by atoms with E-state index in [-0.39, 0.29) is 18.0 Å². The van der Waals surface area contributed by atoms with E-state index in [1.165, 1.54) is 21.8 Å². The third kappa shape index (κ3) is 4.61. The van der Waals surface area contributed by atoms with Crippen molar-refractivity contribution in [3.05, 3.63) is 76.9 Å². The molecule has 0 aliphatic rings. The number of tetrazole rings is 1. The van der Waals surface area contributed by atoms with E-state index in [0.29, 0.717) is 22.6 Å². The highest BCUT2D eigenvalue weighted by atomic mass is 19.4. The van der Waals surface area contributed by atoms with Gasteiger partial charge in [0.25, 0.3) is 0 Å². The molecule has 0 atom stereocenters. The quantitative estimate of drug-likeness (QED) is 0.492. The molecule has 0 spiro atoms. The van der Waals surface area contributed by atoms with Gasteiger partial charge < -0.3 is 5.32 Å². The summed E-state index contributed by atoms with van der Waals surface area (Å²) in [5, 5.41) is 18.3. The van der Waals surface area contributed by atoms with Gasteiger partial charge in [0.2, 0.25) is 5.91 Å². The lowest BCUT2D eigenvalue weighted by molar-refractivity contribution is -0.137. The molecule has 1 N–H and O–H groups in total. The molecule has 1 amide bonds. The SMILES string of the molecule is Cc1ccc(NC(=O)Cc2c(C)nn(-c3cccc(C(F)(F)F)c3)c2C)cc1-n1cnnn1. The number of carbonyl (C=O) groups excluding carboxylic acids is 1. The van der Waals surface area contributed by atoms with E-state index in [1.54, 1.807) is 32.0 Å². The molecule has 170 valence electrons. The Labute approximate surface area is 187 Å². The molecule has 2 aromatic carbocycles. The fourth-order valence-electron chi connectivity index (χ4n) is 3.57. The molecule has 0 saturated heterocycles. The van der Waals surface area contributed by atoms with Gasteiger partial charge in [0, 0.05) is 16.9 Å². The average molecular weight is 455 g/mol. The third-order valence-corrected chi connectivity index (χ3v) is 5.29. The number of aryl methyl sites for hydroxylation is 2. The van der Waals surface area contributed by atoms with Crippen LogP contribution in [0.5, 0.6) is 0 Å². The van der Waals surface area contributed by atoms with E-state index < -0.39 is 11.7 Å². The van der Waals surface area contributed by atoms with Crippen LogP contribution < -0.4 is 5.32 Å². The number of rotatable bonds is 5. The number of hydrogen-bond donors (Lipinski definition) is 1. The number of halogens is 3. The Bertz CT molecular complexity index is 1310. The van der Waals surface area contributed by atoms with Crippen molar-refractivity contribution in [1.29, 1.82) is 0 Å². The van der Waals surface area contributed by atoms with Crippen LogP contribution in [0.15, 0.2) is 48.8 Å². The first-order valence-electron chi connectivity index (χ1n) is 10.00. The first kappa shape index (κ1) is 22.2. The molecule has 0 radical (unpaired) electrons. The van der Waals surface area contributed by atoms with Crippen LogP contribution in [0.4, 0.5) is 18.9 Å². The Hall–Kier alpha value is -4.02. The van der Waals surface area contributed by atoms with E-state index in [4.69, 9.17) is 0 Å². The largest absolute Gasteiger partial charge is 0.416 e. The summed E-state index contributed by atoms with van der Waals surface area (Å²) in [7, 11) is 0. The predicted octanol–water partition coefficient (Wildman–Crippen LogP) is 3.97. The van der Waals surface area contributed by atoms with Gasteiger partial charge in [-0.25, -0.2) is 9.36 Å². The Balaban J connectivity index is 1.56. The molecule has 11 heteroatoms. The maximum Gasteiger partial charge on any atom is 0.416 e. The number of nitrogens with one attached hydrogen (secondary N) is 1. The van der Waals surface area contributed by atoms with Crippen molar-refractivity contribution in [2.45, 2.75) is 33.4 Å². The summed E-state index contributed by atoms with van der Waals surface area (Å²) < 4.78 is 42.2. The minimum atomic E-state index is -4.45. The molecule has 8 nitrogen and oxygen atoms in total. The lowest BCUT2D eigenvalue weighted by Gasteiger charge is -2.11. The highest BCUT2D eigenvalue weighted by Gasteiger charge is 2.30. The summed E-state index contributed by atoms with van der Waals surface area (Å²) in [6, 6.07) is 10.3. The van der Waals surface area contributed by atoms with Crippen molar-refractivity contribution in [3.63, 3.8) is 0 Å². The van der Waals surface area contributed by atoms with Crippen molar-refractivity contribution in [2.24, 2.45) is 0 Å². The van der Waals surface area contributed by atoms with Crippen LogP contribution in [-0.4, -0.2) is 35.9 Å². The van der Waals surface area contributed by atoms with Crippen LogP contribution in [0.1, 0.15) is 28.1 Å². The Kier molecular flexibility index (Phi) is 5.71. The third-order valence-electron chi connectivity index (χ3n) is 5.29. The number of alkyl halides is 3. The van der Waals surface area contributed by atoms with E-state index in [2.05, 4.69) is 25.9 Å². The van der Waals surface area contributed by atoms with Crippen LogP contribution in [0.25, 0.3) is 11.4 Å². The van der Waals surface area contributed by atoms with E-state index >= 15 is 0 Å². The predicted molar refractivity (Wildman–Crippen MR) is 114 cm³/mol. The van der Waals surface area contributed by atoms with Gasteiger partial charge in [0.15, 0.2) is 0 Å². The molecule has 2 heterocycles. The molecule has 0 unspecified atom stereocenters. The summed E-state index contributed by atoms with van der Waals surface area (Å²) in [4.78, 5) is 12.8. The molecule has 4 rings (SSSR count). The maximum atomic E-state index is 13.1. The van der Waals surface area contributed by atoms with E-state index in [0.717, 1.165) is 23.4 Å². The number of aromatic nitrogens is 6. The minimum Gasteiger partial charge on any atom is -0.326 e. The molecule has 0 fully saturated rings. The van der Waals surface area contributed by atoms with E-state index in [1.807, 2.05) is 13.0 Å². The number of nitrogens with zero attached hydrogens (tertiary/aromatic N) is 6. The molecule has 0 aliphatic carbocycles. The summed E-state index contributed by atoms with van der Waals surface area (Å²) in [6.45, 7) is 5.35. The summed E-state index contributed by atoms with van der Waals surface area (Å²) in [6.07, 6.45) is -2.97. The number of amides is 1. The lowest BCUT2D eigenvalue weighted by atomic mass is 10.1. The number of anilines is 1. The van der Waals surface area contributed by atoms with Crippen LogP contribution in [0.3, 0.4) is 0 Å².